The van der Waals surface area contributed by atoms with Crippen molar-refractivity contribution < 1.29 is 27.9 Å². The van der Waals surface area contributed by atoms with Gasteiger partial charge < -0.3 is 26.4 Å². The van der Waals surface area contributed by atoms with Gasteiger partial charge in [0.2, 0.25) is 0 Å². The lowest BCUT2D eigenvalue weighted by atomic mass is 10.1. The molecule has 2 heterocycles. The molecule has 1 unspecified atom stereocenters. The molecule has 1 atom stereocenters. The molecule has 0 spiro atoms. The number of hydrogen-bond donors (Lipinski definition) is 5. The third kappa shape index (κ3) is 5.51. The Kier molecular flexibility index (Phi) is 7.59. The van der Waals surface area contributed by atoms with E-state index < -0.39 is 35.4 Å². The molecule has 4 amide bonds. The molecule has 9 nitrogen and oxygen atoms in total. The molecular weight excluding hydrogens is 444 g/mol. The molecule has 3 rings (SSSR count). The molecule has 0 saturated carbocycles. The Morgan fingerprint density at radius 2 is 1.94 bits per heavy atom. The van der Waals surface area contributed by atoms with Gasteiger partial charge in [0.15, 0.2) is 0 Å². The number of halogens is 2. The monoisotopic (exact) mass is 467 g/mol. The second kappa shape index (κ2) is 10.4. The van der Waals surface area contributed by atoms with Crippen molar-refractivity contribution in [2.24, 2.45) is 5.73 Å². The molecule has 12 heteroatoms. The quantitative estimate of drug-likeness (QED) is 0.445. The summed E-state index contributed by atoms with van der Waals surface area (Å²) in [5.41, 5.74) is 4.82. The first-order valence-corrected chi connectivity index (χ1v) is 10.8. The highest BCUT2D eigenvalue weighted by Crippen LogP contribution is 2.39. The topological polar surface area (TPSA) is 135 Å². The van der Waals surface area contributed by atoms with Crippen LogP contribution in [0.3, 0.4) is 0 Å². The lowest BCUT2D eigenvalue weighted by Crippen LogP contribution is -2.45. The summed E-state index contributed by atoms with van der Waals surface area (Å²) in [6.07, 6.45) is 0.720. The van der Waals surface area contributed by atoms with Crippen LogP contribution < -0.4 is 27.0 Å². The SMILES string of the molecule is CCOC(=O)Nc1c(F)cc(-c2scc(C(=O)NC3CCCNC3)c2NC(N)=O)cc1F. The van der Waals surface area contributed by atoms with Crippen molar-refractivity contribution in [3.05, 3.63) is 34.7 Å². The summed E-state index contributed by atoms with van der Waals surface area (Å²) in [4.78, 5) is 36.1. The highest BCUT2D eigenvalue weighted by molar-refractivity contribution is 7.14. The zero-order chi connectivity index (χ0) is 23.3. The van der Waals surface area contributed by atoms with Crippen LogP contribution in [0.5, 0.6) is 0 Å². The molecule has 32 heavy (non-hydrogen) atoms. The van der Waals surface area contributed by atoms with Crippen molar-refractivity contribution >= 4 is 40.7 Å². The maximum atomic E-state index is 14.6. The van der Waals surface area contributed by atoms with Gasteiger partial charge in [-0.2, -0.15) is 0 Å². The zero-order valence-electron chi connectivity index (χ0n) is 17.2. The van der Waals surface area contributed by atoms with Gasteiger partial charge in [0.25, 0.3) is 5.91 Å². The fraction of sp³-hybridized carbons (Fsp3) is 0.350. The summed E-state index contributed by atoms with van der Waals surface area (Å²) < 4.78 is 33.8. The van der Waals surface area contributed by atoms with Gasteiger partial charge in [-0.25, -0.2) is 18.4 Å². The minimum absolute atomic E-state index is 0.0340. The summed E-state index contributed by atoms with van der Waals surface area (Å²) in [6, 6.07) is 0.953. The number of amides is 4. The number of benzene rings is 1. The number of primary amides is 1. The summed E-state index contributed by atoms with van der Waals surface area (Å²) in [5, 5.41) is 11.9. The number of piperidine rings is 1. The number of thiophene rings is 1. The predicted molar refractivity (Wildman–Crippen MR) is 117 cm³/mol. The first-order chi connectivity index (χ1) is 15.3. The van der Waals surface area contributed by atoms with Gasteiger partial charge in [-0.3, -0.25) is 10.1 Å². The number of carbonyl (C=O) groups excluding carboxylic acids is 3. The number of ether oxygens (including phenoxy) is 1. The summed E-state index contributed by atoms with van der Waals surface area (Å²) in [5.74, 6) is -2.54. The average Bonchev–Trinajstić information content (AvgIpc) is 3.14. The molecule has 6 N–H and O–H groups in total. The van der Waals surface area contributed by atoms with E-state index in [-0.39, 0.29) is 34.3 Å². The van der Waals surface area contributed by atoms with Crippen LogP contribution >= 0.6 is 11.3 Å². The second-order valence-corrected chi connectivity index (χ2v) is 7.90. The molecule has 1 saturated heterocycles. The Hall–Kier alpha value is -3.25. The van der Waals surface area contributed by atoms with E-state index in [0.717, 1.165) is 42.9 Å². The first-order valence-electron chi connectivity index (χ1n) is 9.92. The Morgan fingerprint density at radius 1 is 1.22 bits per heavy atom. The second-order valence-electron chi connectivity index (χ2n) is 7.02. The van der Waals surface area contributed by atoms with E-state index in [2.05, 4.69) is 20.7 Å². The van der Waals surface area contributed by atoms with Crippen molar-refractivity contribution in [3.8, 4) is 10.4 Å². The molecule has 0 radical (unpaired) electrons. The first kappa shape index (κ1) is 23.4. The number of nitrogens with one attached hydrogen (secondary N) is 4. The average molecular weight is 467 g/mol. The molecule has 2 aromatic rings. The Balaban J connectivity index is 1.92. The van der Waals surface area contributed by atoms with E-state index in [1.54, 1.807) is 6.92 Å². The number of carbonyl (C=O) groups is 3. The van der Waals surface area contributed by atoms with Crippen LogP contribution in [0.4, 0.5) is 29.7 Å². The van der Waals surface area contributed by atoms with E-state index in [9.17, 15) is 23.2 Å². The van der Waals surface area contributed by atoms with Crippen LogP contribution in [0.25, 0.3) is 10.4 Å². The van der Waals surface area contributed by atoms with Crippen LogP contribution in [-0.2, 0) is 4.74 Å². The van der Waals surface area contributed by atoms with Gasteiger partial charge in [0, 0.05) is 18.0 Å². The van der Waals surface area contributed by atoms with Crippen LogP contribution in [0.2, 0.25) is 0 Å². The number of anilines is 2. The van der Waals surface area contributed by atoms with E-state index >= 15 is 0 Å². The summed E-state index contributed by atoms with van der Waals surface area (Å²) in [7, 11) is 0. The van der Waals surface area contributed by atoms with E-state index in [0.29, 0.717) is 6.54 Å². The zero-order valence-corrected chi connectivity index (χ0v) is 18.0. The lowest BCUT2D eigenvalue weighted by molar-refractivity contribution is 0.0932. The number of urea groups is 1. The third-order valence-corrected chi connectivity index (χ3v) is 5.75. The van der Waals surface area contributed by atoms with Crippen molar-refractivity contribution in [2.45, 2.75) is 25.8 Å². The molecule has 1 aliphatic rings. The molecule has 0 aliphatic carbocycles. The summed E-state index contributed by atoms with van der Waals surface area (Å²) >= 11 is 1.01. The predicted octanol–water partition coefficient (Wildman–Crippen LogP) is 3.23. The normalized spacial score (nSPS) is 15.7. The highest BCUT2D eigenvalue weighted by atomic mass is 32.1. The van der Waals surface area contributed by atoms with Crippen LogP contribution in [0.15, 0.2) is 17.5 Å². The van der Waals surface area contributed by atoms with Crippen molar-refractivity contribution in [1.29, 1.82) is 0 Å². The Labute approximate surface area is 186 Å². The van der Waals surface area contributed by atoms with Crippen LogP contribution in [0, 0.1) is 11.6 Å². The smallest absolute Gasteiger partial charge is 0.411 e. The van der Waals surface area contributed by atoms with Gasteiger partial charge in [-0.1, -0.05) is 0 Å². The molecule has 1 aromatic carbocycles. The largest absolute Gasteiger partial charge is 0.450 e. The molecule has 172 valence electrons. The Morgan fingerprint density at radius 3 is 2.53 bits per heavy atom. The van der Waals surface area contributed by atoms with Crippen molar-refractivity contribution in [2.75, 3.05) is 30.3 Å². The van der Waals surface area contributed by atoms with Gasteiger partial charge in [-0.15, -0.1) is 11.3 Å². The van der Waals surface area contributed by atoms with Crippen molar-refractivity contribution in [1.82, 2.24) is 10.6 Å². The fourth-order valence-electron chi connectivity index (χ4n) is 3.32. The number of rotatable bonds is 6. The summed E-state index contributed by atoms with van der Waals surface area (Å²) in [6.45, 7) is 3.08. The number of hydrogen-bond acceptors (Lipinski definition) is 6. The van der Waals surface area contributed by atoms with E-state index in [1.165, 1.54) is 5.38 Å². The van der Waals surface area contributed by atoms with Gasteiger partial charge >= 0.3 is 12.1 Å². The van der Waals surface area contributed by atoms with Gasteiger partial charge in [0.05, 0.1) is 22.7 Å². The minimum atomic E-state index is -1.05. The van der Waals surface area contributed by atoms with E-state index in [1.807, 2.05) is 5.32 Å². The number of nitrogens with two attached hydrogens (primary N) is 1. The minimum Gasteiger partial charge on any atom is -0.450 e. The standard InChI is InChI=1S/C20H23F2N5O4S/c1-2-31-20(30)27-16-13(21)6-10(7-14(16)22)17-15(26-19(23)29)12(9-32-17)18(28)25-11-4-3-5-24-8-11/h6-7,9,11,24H,2-5,8H2,1H3,(H,25,28)(H,27,30)(H3,23,26,29). The fourth-order valence-corrected chi connectivity index (χ4v) is 4.31. The maximum absolute atomic E-state index is 14.6. The van der Waals surface area contributed by atoms with E-state index in [4.69, 9.17) is 5.73 Å². The molecule has 1 aromatic heterocycles. The molecule has 1 fully saturated rings. The van der Waals surface area contributed by atoms with Gasteiger partial charge in [-0.05, 0) is 44.0 Å². The molecule has 1 aliphatic heterocycles. The maximum Gasteiger partial charge on any atom is 0.411 e. The Bertz CT molecular complexity index is 1000. The molecule has 0 bridgehead atoms. The van der Waals surface area contributed by atoms with Crippen molar-refractivity contribution in [3.63, 3.8) is 0 Å². The van der Waals surface area contributed by atoms with Gasteiger partial charge in [0.1, 0.15) is 17.3 Å². The third-order valence-electron chi connectivity index (χ3n) is 4.72. The highest BCUT2D eigenvalue weighted by Gasteiger charge is 2.24. The lowest BCUT2D eigenvalue weighted by Gasteiger charge is -2.23. The molecular formula is C20H23F2N5O4S. The van der Waals surface area contributed by atoms with Crippen LogP contribution in [0.1, 0.15) is 30.1 Å². The van der Waals surface area contributed by atoms with Crippen LogP contribution in [-0.4, -0.2) is 43.8 Å².